The number of fused-ring (bicyclic) bond motifs is 3. The molecule has 2 nitrogen and oxygen atoms in total. The van der Waals surface area contributed by atoms with Crippen molar-refractivity contribution in [1.29, 1.82) is 0 Å². The minimum atomic E-state index is 0.709. The zero-order chi connectivity index (χ0) is 20.5. The van der Waals surface area contributed by atoms with Gasteiger partial charge in [0, 0.05) is 27.5 Å². The van der Waals surface area contributed by atoms with Crippen LogP contribution < -0.4 is 0 Å². The van der Waals surface area contributed by atoms with Gasteiger partial charge < -0.3 is 4.98 Å². The Labute approximate surface area is 177 Å². The molecule has 0 fully saturated rings. The molecule has 4 aromatic rings. The van der Waals surface area contributed by atoms with Gasteiger partial charge in [0.05, 0.1) is 6.54 Å². The van der Waals surface area contributed by atoms with E-state index in [9.17, 15) is 0 Å². The van der Waals surface area contributed by atoms with Crippen LogP contribution in [0, 0.1) is 6.92 Å². The van der Waals surface area contributed by atoms with Crippen LogP contribution >= 0.6 is 0 Å². The number of benzene rings is 3. The van der Waals surface area contributed by atoms with Gasteiger partial charge in [-0.3, -0.25) is 4.99 Å². The maximum atomic E-state index is 4.87. The maximum absolute atomic E-state index is 4.87. The fraction of sp³-hybridized carbons (Fsp3) is 0.179. The summed E-state index contributed by atoms with van der Waals surface area (Å²) in [7, 11) is 0. The largest absolute Gasteiger partial charge is 0.355 e. The minimum Gasteiger partial charge on any atom is -0.355 e. The number of para-hydroxylation sites is 1. The summed E-state index contributed by atoms with van der Waals surface area (Å²) in [6.45, 7) is 4.99. The molecule has 0 unspecified atom stereocenters. The van der Waals surface area contributed by atoms with Crippen LogP contribution in [0.3, 0.4) is 0 Å². The average Bonchev–Trinajstić information content (AvgIpc) is 3.15. The number of rotatable bonds is 4. The summed E-state index contributed by atoms with van der Waals surface area (Å²) < 4.78 is 0. The van der Waals surface area contributed by atoms with Crippen molar-refractivity contribution in [1.82, 2.24) is 4.98 Å². The Morgan fingerprint density at radius 3 is 2.63 bits per heavy atom. The van der Waals surface area contributed by atoms with E-state index in [1.165, 1.54) is 49.6 Å². The van der Waals surface area contributed by atoms with E-state index < -0.39 is 0 Å². The Morgan fingerprint density at radius 2 is 1.77 bits per heavy atom. The summed E-state index contributed by atoms with van der Waals surface area (Å²) in [6.07, 6.45) is 8.97. The molecule has 0 atom stereocenters. The SMILES string of the molecule is CC(=NCc1cc(C)cc(-c2ccc3[nH]c4ccccc4c3c2)c1)C1=CCCC=C1. The molecule has 0 aliphatic heterocycles. The van der Waals surface area contributed by atoms with Crippen molar-refractivity contribution in [3.63, 3.8) is 0 Å². The Hall–Kier alpha value is -3.39. The van der Waals surface area contributed by atoms with Crippen molar-refractivity contribution in [3.8, 4) is 11.1 Å². The molecule has 1 N–H and O–H groups in total. The summed E-state index contributed by atoms with van der Waals surface area (Å²) in [5.41, 5.74) is 9.77. The van der Waals surface area contributed by atoms with Gasteiger partial charge >= 0.3 is 0 Å². The molecule has 0 bridgehead atoms. The van der Waals surface area contributed by atoms with E-state index in [0.29, 0.717) is 6.54 Å². The number of hydrogen-bond donors (Lipinski definition) is 1. The highest BCUT2D eigenvalue weighted by atomic mass is 14.7. The molecule has 0 spiro atoms. The maximum Gasteiger partial charge on any atom is 0.0643 e. The van der Waals surface area contributed by atoms with Crippen LogP contribution in [-0.4, -0.2) is 10.7 Å². The zero-order valence-electron chi connectivity index (χ0n) is 17.6. The number of aromatic amines is 1. The normalized spacial score (nSPS) is 14.5. The number of aliphatic imine (C=N–C) groups is 1. The third-order valence-corrected chi connectivity index (χ3v) is 5.89. The van der Waals surface area contributed by atoms with E-state index in [0.717, 1.165) is 18.6 Å². The predicted octanol–water partition coefficient (Wildman–Crippen LogP) is 7.53. The smallest absolute Gasteiger partial charge is 0.0643 e. The van der Waals surface area contributed by atoms with Crippen LogP contribution in [0.2, 0.25) is 0 Å². The highest BCUT2D eigenvalue weighted by Gasteiger charge is 2.08. The molecule has 5 rings (SSSR count). The molecule has 2 heteroatoms. The Bertz CT molecular complexity index is 1330. The van der Waals surface area contributed by atoms with E-state index in [4.69, 9.17) is 4.99 Å². The second-order valence-electron chi connectivity index (χ2n) is 8.18. The minimum absolute atomic E-state index is 0.709. The Balaban J connectivity index is 1.49. The van der Waals surface area contributed by atoms with Crippen LogP contribution in [0.25, 0.3) is 32.9 Å². The highest BCUT2D eigenvalue weighted by Crippen LogP contribution is 2.31. The van der Waals surface area contributed by atoms with Gasteiger partial charge in [0.25, 0.3) is 0 Å². The monoisotopic (exact) mass is 390 g/mol. The first-order valence-corrected chi connectivity index (χ1v) is 10.7. The summed E-state index contributed by atoms with van der Waals surface area (Å²) in [6, 6.07) is 22.0. The second kappa shape index (κ2) is 7.79. The summed E-state index contributed by atoms with van der Waals surface area (Å²) in [5.74, 6) is 0. The molecule has 1 aliphatic rings. The predicted molar refractivity (Wildman–Crippen MR) is 129 cm³/mol. The van der Waals surface area contributed by atoms with Crippen molar-refractivity contribution in [2.75, 3.05) is 0 Å². The lowest BCUT2D eigenvalue weighted by Gasteiger charge is -2.09. The molecule has 30 heavy (non-hydrogen) atoms. The third-order valence-electron chi connectivity index (χ3n) is 5.89. The number of hydrogen-bond acceptors (Lipinski definition) is 1. The first-order chi connectivity index (χ1) is 14.7. The van der Waals surface area contributed by atoms with Gasteiger partial charge in [0.1, 0.15) is 0 Å². The lowest BCUT2D eigenvalue weighted by molar-refractivity contribution is 1.02. The third kappa shape index (κ3) is 3.61. The van der Waals surface area contributed by atoms with Crippen molar-refractivity contribution >= 4 is 27.5 Å². The first kappa shape index (κ1) is 18.6. The van der Waals surface area contributed by atoms with Crippen LogP contribution in [0.4, 0.5) is 0 Å². The second-order valence-corrected chi connectivity index (χ2v) is 8.18. The molecule has 1 heterocycles. The van der Waals surface area contributed by atoms with Crippen molar-refractivity contribution in [3.05, 3.63) is 95.6 Å². The van der Waals surface area contributed by atoms with Crippen molar-refractivity contribution < 1.29 is 0 Å². The molecule has 0 radical (unpaired) electrons. The molecular formula is C28H26N2. The van der Waals surface area contributed by atoms with Gasteiger partial charge in [0.2, 0.25) is 0 Å². The van der Waals surface area contributed by atoms with Crippen LogP contribution in [-0.2, 0) is 6.54 Å². The van der Waals surface area contributed by atoms with E-state index in [1.54, 1.807) is 0 Å². The molecular weight excluding hydrogens is 364 g/mol. The number of nitrogens with one attached hydrogen (secondary N) is 1. The van der Waals surface area contributed by atoms with Gasteiger partial charge in [-0.1, -0.05) is 60.2 Å². The molecule has 148 valence electrons. The van der Waals surface area contributed by atoms with E-state index >= 15 is 0 Å². The zero-order valence-corrected chi connectivity index (χ0v) is 17.6. The molecule has 0 saturated carbocycles. The van der Waals surface area contributed by atoms with E-state index in [2.05, 4.69) is 97.7 Å². The van der Waals surface area contributed by atoms with E-state index in [1.807, 2.05) is 0 Å². The Morgan fingerprint density at radius 1 is 0.900 bits per heavy atom. The number of aryl methyl sites for hydroxylation is 1. The standard InChI is InChI=1S/C28H26N2/c1-19-14-21(18-29-20(2)22-8-4-3-5-9-22)16-24(15-19)23-12-13-28-26(17-23)25-10-6-7-11-27(25)30-28/h4,6-17,30H,3,5,18H2,1-2H3. The average molecular weight is 391 g/mol. The van der Waals surface area contributed by atoms with Gasteiger partial charge in [-0.25, -0.2) is 0 Å². The van der Waals surface area contributed by atoms with Crippen LogP contribution in [0.1, 0.15) is 30.9 Å². The topological polar surface area (TPSA) is 28.1 Å². The number of aromatic nitrogens is 1. The quantitative estimate of drug-likeness (QED) is 0.349. The molecule has 0 amide bonds. The summed E-state index contributed by atoms with van der Waals surface area (Å²) in [4.78, 5) is 8.38. The van der Waals surface area contributed by atoms with Gasteiger partial charge in [-0.05, 0) is 73.2 Å². The van der Waals surface area contributed by atoms with Gasteiger partial charge in [-0.15, -0.1) is 0 Å². The highest BCUT2D eigenvalue weighted by molar-refractivity contribution is 6.08. The van der Waals surface area contributed by atoms with Crippen molar-refractivity contribution in [2.24, 2.45) is 4.99 Å². The van der Waals surface area contributed by atoms with Crippen LogP contribution in [0.15, 0.2) is 89.5 Å². The number of H-pyrrole nitrogens is 1. The van der Waals surface area contributed by atoms with Gasteiger partial charge in [0.15, 0.2) is 0 Å². The number of allylic oxidation sites excluding steroid dienone is 4. The molecule has 1 aromatic heterocycles. The fourth-order valence-corrected chi connectivity index (χ4v) is 4.33. The lowest BCUT2D eigenvalue weighted by Crippen LogP contribution is -1.99. The Kier molecular flexibility index (Phi) is 4.84. The summed E-state index contributed by atoms with van der Waals surface area (Å²) in [5, 5.41) is 2.55. The summed E-state index contributed by atoms with van der Waals surface area (Å²) >= 11 is 0. The molecule has 3 aromatic carbocycles. The lowest BCUT2D eigenvalue weighted by atomic mass is 9.98. The van der Waals surface area contributed by atoms with Crippen molar-refractivity contribution in [2.45, 2.75) is 33.2 Å². The van der Waals surface area contributed by atoms with Gasteiger partial charge in [-0.2, -0.15) is 0 Å². The number of nitrogens with zero attached hydrogens (tertiary/aromatic N) is 1. The van der Waals surface area contributed by atoms with Crippen LogP contribution in [0.5, 0.6) is 0 Å². The first-order valence-electron chi connectivity index (χ1n) is 10.7. The fourth-order valence-electron chi connectivity index (χ4n) is 4.33. The van der Waals surface area contributed by atoms with E-state index in [-0.39, 0.29) is 0 Å². The molecule has 0 saturated heterocycles. The molecule has 1 aliphatic carbocycles.